The summed E-state index contributed by atoms with van der Waals surface area (Å²) in [7, 11) is -3.85. The summed E-state index contributed by atoms with van der Waals surface area (Å²) in [5.41, 5.74) is 7.35. The number of nitrogens with zero attached hydrogens (tertiary/aromatic N) is 1. The summed E-state index contributed by atoms with van der Waals surface area (Å²) in [6.07, 6.45) is 0.849. The first kappa shape index (κ1) is 19.9. The summed E-state index contributed by atoms with van der Waals surface area (Å²) < 4.78 is 23.4. The van der Waals surface area contributed by atoms with E-state index in [0.717, 1.165) is 12.0 Å². The highest BCUT2D eigenvalue weighted by Gasteiger charge is 2.35. The van der Waals surface area contributed by atoms with E-state index in [0.29, 0.717) is 30.8 Å². The van der Waals surface area contributed by atoms with Crippen LogP contribution in [0.5, 0.6) is 0 Å². The molecular weight excluding hydrogens is 338 g/mol. The molecule has 6 nitrogen and oxygen atoms in total. The lowest BCUT2D eigenvalue weighted by molar-refractivity contribution is 0.0776. The largest absolute Gasteiger partial charge is 0.338 e. The van der Waals surface area contributed by atoms with E-state index in [1.807, 2.05) is 0 Å². The van der Waals surface area contributed by atoms with Gasteiger partial charge in [0.15, 0.2) is 0 Å². The molecule has 1 aromatic rings. The molecule has 0 aliphatic carbocycles. The third-order valence-corrected chi connectivity index (χ3v) is 5.55. The molecule has 2 rings (SSSR count). The second-order valence-electron chi connectivity index (χ2n) is 6.45. The Balaban J connectivity index is 0.00000264. The first-order valence-electron chi connectivity index (χ1n) is 7.21. The highest BCUT2D eigenvalue weighted by atomic mass is 35.5. The summed E-state index contributed by atoms with van der Waals surface area (Å²) in [5, 5.41) is 5.24. The Bertz CT molecular complexity index is 721. The van der Waals surface area contributed by atoms with Crippen LogP contribution in [-0.4, -0.2) is 38.9 Å². The molecule has 1 aromatic carbocycles. The van der Waals surface area contributed by atoms with Crippen molar-refractivity contribution in [1.29, 1.82) is 0 Å². The molecule has 1 unspecified atom stereocenters. The monoisotopic (exact) mass is 361 g/mol. The van der Waals surface area contributed by atoms with Gasteiger partial charge in [-0.15, -0.1) is 12.4 Å². The number of carbonyl (C=O) groups excluding carboxylic acids is 1. The molecule has 1 amide bonds. The van der Waals surface area contributed by atoms with Gasteiger partial charge >= 0.3 is 0 Å². The molecule has 0 spiro atoms. The van der Waals surface area contributed by atoms with E-state index in [9.17, 15) is 13.2 Å². The normalized spacial score (nSPS) is 21.2. The fourth-order valence-corrected chi connectivity index (χ4v) is 3.67. The lowest BCUT2D eigenvalue weighted by Crippen LogP contribution is -2.34. The molecule has 0 saturated carbocycles. The van der Waals surface area contributed by atoms with Crippen LogP contribution in [0.3, 0.4) is 0 Å². The number of sulfonamides is 1. The summed E-state index contributed by atoms with van der Waals surface area (Å²) in [5.74, 6) is -0.176. The minimum Gasteiger partial charge on any atom is -0.338 e. The summed E-state index contributed by atoms with van der Waals surface area (Å²) in [6, 6.07) is 3.09. The Hall–Kier alpha value is -1.15. The number of nitrogens with two attached hydrogens (primary N) is 2. The van der Waals surface area contributed by atoms with Crippen molar-refractivity contribution in [1.82, 2.24) is 4.90 Å². The Labute approximate surface area is 143 Å². The Morgan fingerprint density at radius 1 is 1.35 bits per heavy atom. The number of rotatable bonds is 3. The van der Waals surface area contributed by atoms with Crippen LogP contribution >= 0.6 is 12.4 Å². The van der Waals surface area contributed by atoms with Crippen LogP contribution in [0.2, 0.25) is 0 Å². The van der Waals surface area contributed by atoms with Gasteiger partial charge in [-0.25, -0.2) is 13.6 Å². The van der Waals surface area contributed by atoms with Gasteiger partial charge in [0.1, 0.15) is 0 Å². The van der Waals surface area contributed by atoms with Crippen LogP contribution < -0.4 is 10.9 Å². The van der Waals surface area contributed by atoms with Gasteiger partial charge in [0.25, 0.3) is 5.91 Å². The van der Waals surface area contributed by atoms with E-state index in [1.54, 1.807) is 24.8 Å². The molecule has 0 radical (unpaired) electrons. The SMILES string of the molecule is Cc1cc(C(=O)N2CCC(C)(CN)C2)cc(S(N)(=O)=O)c1C.Cl. The Morgan fingerprint density at radius 3 is 2.43 bits per heavy atom. The Morgan fingerprint density at radius 2 is 1.96 bits per heavy atom. The minimum absolute atomic E-state index is 0. The van der Waals surface area contributed by atoms with E-state index < -0.39 is 10.0 Å². The van der Waals surface area contributed by atoms with Gasteiger partial charge < -0.3 is 10.6 Å². The molecule has 4 N–H and O–H groups in total. The van der Waals surface area contributed by atoms with Crippen molar-refractivity contribution >= 4 is 28.3 Å². The van der Waals surface area contributed by atoms with E-state index in [1.165, 1.54) is 6.07 Å². The predicted octanol–water partition coefficient (Wildman–Crippen LogP) is 1.18. The number of halogens is 1. The second kappa shape index (κ2) is 6.76. The van der Waals surface area contributed by atoms with Crippen LogP contribution in [0.4, 0.5) is 0 Å². The molecule has 1 fully saturated rings. The standard InChI is InChI=1S/C15H23N3O3S.ClH/c1-10-6-12(7-13(11(10)2)22(17,20)21)14(19)18-5-4-15(3,8-16)9-18;/h6-7H,4-5,8-9,16H2,1-3H3,(H2,17,20,21);1H. The fraction of sp³-hybridized carbons (Fsp3) is 0.533. The van der Waals surface area contributed by atoms with Crippen molar-refractivity contribution in [2.45, 2.75) is 32.1 Å². The topological polar surface area (TPSA) is 106 Å². The summed E-state index contributed by atoms with van der Waals surface area (Å²) >= 11 is 0. The third kappa shape index (κ3) is 4.03. The number of hydrogen-bond donors (Lipinski definition) is 2. The average Bonchev–Trinajstić information content (AvgIpc) is 2.83. The zero-order chi connectivity index (χ0) is 16.7. The number of aryl methyl sites for hydroxylation is 1. The quantitative estimate of drug-likeness (QED) is 0.842. The van der Waals surface area contributed by atoms with Crippen molar-refractivity contribution in [2.75, 3.05) is 19.6 Å². The van der Waals surface area contributed by atoms with Crippen molar-refractivity contribution < 1.29 is 13.2 Å². The molecule has 1 atom stereocenters. The van der Waals surface area contributed by atoms with Crippen LogP contribution in [-0.2, 0) is 10.0 Å². The zero-order valence-corrected chi connectivity index (χ0v) is 15.3. The molecule has 1 aliphatic heterocycles. The molecule has 1 saturated heterocycles. The predicted molar refractivity (Wildman–Crippen MR) is 92.2 cm³/mol. The van der Waals surface area contributed by atoms with E-state index in [4.69, 9.17) is 10.9 Å². The maximum Gasteiger partial charge on any atom is 0.253 e. The van der Waals surface area contributed by atoms with Gasteiger partial charge in [-0.2, -0.15) is 0 Å². The van der Waals surface area contributed by atoms with Crippen molar-refractivity contribution in [3.05, 3.63) is 28.8 Å². The Kier molecular flexibility index (Phi) is 5.85. The maximum absolute atomic E-state index is 12.6. The number of amides is 1. The fourth-order valence-electron chi connectivity index (χ4n) is 2.79. The van der Waals surface area contributed by atoms with Gasteiger partial charge in [-0.3, -0.25) is 4.79 Å². The molecule has 8 heteroatoms. The minimum atomic E-state index is -3.85. The summed E-state index contributed by atoms with van der Waals surface area (Å²) in [4.78, 5) is 14.4. The van der Waals surface area contributed by atoms with Crippen molar-refractivity contribution in [2.24, 2.45) is 16.3 Å². The van der Waals surface area contributed by atoms with Crippen LogP contribution in [0.1, 0.15) is 34.8 Å². The molecule has 1 heterocycles. The van der Waals surface area contributed by atoms with Crippen LogP contribution in [0, 0.1) is 19.3 Å². The van der Waals surface area contributed by atoms with Gasteiger partial charge in [-0.05, 0) is 55.5 Å². The number of benzene rings is 1. The van der Waals surface area contributed by atoms with Gasteiger partial charge in [-0.1, -0.05) is 6.92 Å². The van der Waals surface area contributed by atoms with Crippen molar-refractivity contribution in [3.8, 4) is 0 Å². The molecule has 0 bridgehead atoms. The smallest absolute Gasteiger partial charge is 0.253 e. The molecule has 1 aliphatic rings. The molecule has 130 valence electrons. The van der Waals surface area contributed by atoms with Crippen molar-refractivity contribution in [3.63, 3.8) is 0 Å². The van der Waals surface area contributed by atoms with Gasteiger partial charge in [0.05, 0.1) is 4.90 Å². The second-order valence-corrected chi connectivity index (χ2v) is 7.98. The molecule has 23 heavy (non-hydrogen) atoms. The van der Waals surface area contributed by atoms with E-state index in [-0.39, 0.29) is 28.6 Å². The number of primary sulfonamides is 1. The highest BCUT2D eigenvalue weighted by molar-refractivity contribution is 7.89. The van der Waals surface area contributed by atoms with Crippen LogP contribution in [0.15, 0.2) is 17.0 Å². The molecule has 0 aromatic heterocycles. The van der Waals surface area contributed by atoms with Gasteiger partial charge in [0, 0.05) is 18.7 Å². The maximum atomic E-state index is 12.6. The zero-order valence-electron chi connectivity index (χ0n) is 13.6. The summed E-state index contributed by atoms with van der Waals surface area (Å²) in [6.45, 7) is 7.24. The lowest BCUT2D eigenvalue weighted by atomic mass is 9.90. The number of likely N-dealkylation sites (tertiary alicyclic amines) is 1. The van der Waals surface area contributed by atoms with Crippen LogP contribution in [0.25, 0.3) is 0 Å². The van der Waals surface area contributed by atoms with E-state index in [2.05, 4.69) is 6.92 Å². The third-order valence-electron chi connectivity index (χ3n) is 4.51. The average molecular weight is 362 g/mol. The van der Waals surface area contributed by atoms with Gasteiger partial charge in [0.2, 0.25) is 10.0 Å². The highest BCUT2D eigenvalue weighted by Crippen LogP contribution is 2.30. The number of carbonyl (C=O) groups is 1. The first-order valence-corrected chi connectivity index (χ1v) is 8.75. The van der Waals surface area contributed by atoms with E-state index >= 15 is 0 Å². The number of hydrogen-bond acceptors (Lipinski definition) is 4. The molecular formula is C15H24ClN3O3S. The first-order chi connectivity index (χ1) is 10.1. The lowest BCUT2D eigenvalue weighted by Gasteiger charge is -2.23.